The van der Waals surface area contributed by atoms with Gasteiger partial charge in [0.1, 0.15) is 0 Å². The van der Waals surface area contributed by atoms with Crippen molar-refractivity contribution >= 4 is 16.5 Å². The Morgan fingerprint density at radius 3 is 2.79 bits per heavy atom. The Labute approximate surface area is 113 Å². The highest BCUT2D eigenvalue weighted by Crippen LogP contribution is 2.32. The summed E-state index contributed by atoms with van der Waals surface area (Å²) < 4.78 is 37.9. The molecule has 0 unspecified atom stereocenters. The van der Waals surface area contributed by atoms with Crippen molar-refractivity contribution in [2.75, 3.05) is 11.9 Å². The van der Waals surface area contributed by atoms with E-state index in [-0.39, 0.29) is 0 Å². The van der Waals surface area contributed by atoms with Crippen LogP contribution in [-0.2, 0) is 6.18 Å². The Hall–Kier alpha value is -1.56. The average Bonchev–Trinajstić information content (AvgIpc) is 2.84. The van der Waals surface area contributed by atoms with Crippen molar-refractivity contribution in [2.45, 2.75) is 19.5 Å². The van der Waals surface area contributed by atoms with Gasteiger partial charge in [-0.3, -0.25) is 0 Å². The minimum absolute atomic E-state index is 0.482. The number of hydrogen-bond acceptors (Lipinski definition) is 3. The third-order valence-electron chi connectivity index (χ3n) is 2.52. The van der Waals surface area contributed by atoms with Crippen LogP contribution in [0.15, 0.2) is 29.6 Å². The quantitative estimate of drug-likeness (QED) is 0.884. The first-order valence-electron chi connectivity index (χ1n) is 5.87. The Morgan fingerprint density at radius 2 is 2.11 bits per heavy atom. The molecule has 0 radical (unpaired) electrons. The lowest BCUT2D eigenvalue weighted by Crippen LogP contribution is -2.04. The lowest BCUT2D eigenvalue weighted by molar-refractivity contribution is -0.137. The minimum Gasteiger partial charge on any atom is -0.362 e. The van der Waals surface area contributed by atoms with Gasteiger partial charge in [0, 0.05) is 17.5 Å². The van der Waals surface area contributed by atoms with E-state index >= 15 is 0 Å². The number of alkyl halides is 3. The fourth-order valence-corrected chi connectivity index (χ4v) is 2.32. The molecule has 0 fully saturated rings. The smallest absolute Gasteiger partial charge is 0.362 e. The molecule has 19 heavy (non-hydrogen) atoms. The maximum Gasteiger partial charge on any atom is 0.416 e. The normalized spacial score (nSPS) is 11.6. The van der Waals surface area contributed by atoms with Crippen LogP contribution >= 0.6 is 11.3 Å². The lowest BCUT2D eigenvalue weighted by Gasteiger charge is -2.07. The van der Waals surface area contributed by atoms with Gasteiger partial charge in [0.15, 0.2) is 5.13 Å². The van der Waals surface area contributed by atoms with Crippen LogP contribution in [0.5, 0.6) is 0 Å². The van der Waals surface area contributed by atoms with Crippen molar-refractivity contribution < 1.29 is 13.2 Å². The molecule has 0 aliphatic rings. The first kappa shape index (κ1) is 13.9. The highest BCUT2D eigenvalue weighted by atomic mass is 32.1. The zero-order chi connectivity index (χ0) is 13.9. The number of nitrogens with zero attached hydrogens (tertiary/aromatic N) is 1. The molecular weight excluding hydrogens is 273 g/mol. The second-order valence-electron chi connectivity index (χ2n) is 4.04. The molecule has 0 aliphatic heterocycles. The number of thiazole rings is 1. The van der Waals surface area contributed by atoms with Crippen molar-refractivity contribution in [2.24, 2.45) is 0 Å². The van der Waals surface area contributed by atoms with Crippen LogP contribution in [0.1, 0.15) is 18.9 Å². The summed E-state index contributed by atoms with van der Waals surface area (Å²) in [5, 5.41) is 5.60. The van der Waals surface area contributed by atoms with E-state index < -0.39 is 11.7 Å². The summed E-state index contributed by atoms with van der Waals surface area (Å²) in [6.45, 7) is 2.84. The maximum absolute atomic E-state index is 12.6. The molecular formula is C13H13F3N2S. The van der Waals surface area contributed by atoms with E-state index in [0.717, 1.165) is 30.2 Å². The number of hydrogen-bond donors (Lipinski definition) is 1. The van der Waals surface area contributed by atoms with Crippen LogP contribution < -0.4 is 5.32 Å². The highest BCUT2D eigenvalue weighted by molar-refractivity contribution is 7.14. The topological polar surface area (TPSA) is 24.9 Å². The highest BCUT2D eigenvalue weighted by Gasteiger charge is 2.30. The van der Waals surface area contributed by atoms with E-state index in [1.165, 1.54) is 17.4 Å². The Balaban J connectivity index is 2.24. The van der Waals surface area contributed by atoms with Gasteiger partial charge >= 0.3 is 6.18 Å². The fourth-order valence-electron chi connectivity index (χ4n) is 1.57. The molecule has 0 atom stereocenters. The second-order valence-corrected chi connectivity index (χ2v) is 4.90. The van der Waals surface area contributed by atoms with E-state index in [2.05, 4.69) is 10.3 Å². The van der Waals surface area contributed by atoms with Crippen LogP contribution in [0.2, 0.25) is 0 Å². The lowest BCUT2D eigenvalue weighted by atomic mass is 10.1. The summed E-state index contributed by atoms with van der Waals surface area (Å²) in [5.41, 5.74) is 0.395. The molecule has 0 saturated heterocycles. The van der Waals surface area contributed by atoms with Crippen molar-refractivity contribution in [1.82, 2.24) is 4.98 Å². The molecule has 0 saturated carbocycles. The molecule has 0 amide bonds. The van der Waals surface area contributed by atoms with Crippen molar-refractivity contribution in [1.29, 1.82) is 0 Å². The van der Waals surface area contributed by atoms with E-state index in [1.807, 2.05) is 6.92 Å². The zero-order valence-corrected chi connectivity index (χ0v) is 11.1. The number of nitrogens with one attached hydrogen (secondary N) is 1. The molecule has 2 nitrogen and oxygen atoms in total. The Bertz CT molecular complexity index is 549. The van der Waals surface area contributed by atoms with Gasteiger partial charge < -0.3 is 5.32 Å². The van der Waals surface area contributed by atoms with Crippen molar-refractivity contribution in [3.63, 3.8) is 0 Å². The summed E-state index contributed by atoms with van der Waals surface area (Å²) in [4.78, 5) is 4.28. The zero-order valence-electron chi connectivity index (χ0n) is 10.3. The van der Waals surface area contributed by atoms with Gasteiger partial charge in [0.2, 0.25) is 0 Å². The predicted octanol–water partition coefficient (Wildman–Crippen LogP) is 4.65. The van der Waals surface area contributed by atoms with Gasteiger partial charge in [-0.15, -0.1) is 11.3 Å². The molecule has 6 heteroatoms. The number of halogens is 3. The first-order chi connectivity index (χ1) is 9.00. The van der Waals surface area contributed by atoms with E-state index in [9.17, 15) is 13.2 Å². The number of rotatable bonds is 4. The second kappa shape index (κ2) is 5.61. The molecule has 0 aliphatic carbocycles. The van der Waals surface area contributed by atoms with Gasteiger partial charge in [-0.25, -0.2) is 4.98 Å². The monoisotopic (exact) mass is 286 g/mol. The molecule has 0 bridgehead atoms. The third-order valence-corrected chi connectivity index (χ3v) is 3.32. The third kappa shape index (κ3) is 3.47. The number of benzene rings is 1. The predicted molar refractivity (Wildman–Crippen MR) is 71.3 cm³/mol. The molecule has 2 aromatic rings. The van der Waals surface area contributed by atoms with Gasteiger partial charge in [-0.05, 0) is 18.6 Å². The Kier molecular flexibility index (Phi) is 4.09. The fraction of sp³-hybridized carbons (Fsp3) is 0.308. The molecule has 102 valence electrons. The molecule has 0 spiro atoms. The van der Waals surface area contributed by atoms with Gasteiger partial charge in [-0.2, -0.15) is 13.2 Å². The summed E-state index contributed by atoms with van der Waals surface area (Å²) in [5.74, 6) is 0. The standard InChI is InChI=1S/C13H13F3N2S/c1-2-6-17-12-18-11(8-19-12)9-4-3-5-10(7-9)13(14,15)16/h3-5,7-8H,2,6H2,1H3,(H,17,18). The number of anilines is 1. The Morgan fingerprint density at radius 1 is 1.32 bits per heavy atom. The number of aromatic nitrogens is 1. The van der Waals surface area contributed by atoms with E-state index in [1.54, 1.807) is 11.4 Å². The summed E-state index contributed by atoms with van der Waals surface area (Å²) >= 11 is 1.39. The SMILES string of the molecule is CCCNc1nc(-c2cccc(C(F)(F)F)c2)cs1. The van der Waals surface area contributed by atoms with Crippen LogP contribution in [0.3, 0.4) is 0 Å². The van der Waals surface area contributed by atoms with Crippen LogP contribution in [0.4, 0.5) is 18.3 Å². The first-order valence-corrected chi connectivity index (χ1v) is 6.75. The van der Waals surface area contributed by atoms with E-state index in [4.69, 9.17) is 0 Å². The van der Waals surface area contributed by atoms with Crippen molar-refractivity contribution in [3.05, 3.63) is 35.2 Å². The minimum atomic E-state index is -4.32. The van der Waals surface area contributed by atoms with Gasteiger partial charge in [0.05, 0.1) is 11.3 Å². The van der Waals surface area contributed by atoms with Crippen LogP contribution in [-0.4, -0.2) is 11.5 Å². The van der Waals surface area contributed by atoms with Gasteiger partial charge in [0.25, 0.3) is 0 Å². The molecule has 1 heterocycles. The maximum atomic E-state index is 12.6. The largest absolute Gasteiger partial charge is 0.416 e. The molecule has 1 N–H and O–H groups in total. The van der Waals surface area contributed by atoms with E-state index in [0.29, 0.717) is 11.3 Å². The molecule has 1 aromatic heterocycles. The summed E-state index contributed by atoms with van der Waals surface area (Å²) in [7, 11) is 0. The van der Waals surface area contributed by atoms with Crippen LogP contribution in [0, 0.1) is 0 Å². The molecule has 2 rings (SSSR count). The van der Waals surface area contributed by atoms with Crippen molar-refractivity contribution in [3.8, 4) is 11.3 Å². The summed E-state index contributed by atoms with van der Waals surface area (Å²) in [6.07, 6.45) is -3.35. The van der Waals surface area contributed by atoms with Crippen LogP contribution in [0.25, 0.3) is 11.3 Å². The molecule has 1 aromatic carbocycles. The average molecular weight is 286 g/mol. The summed E-state index contributed by atoms with van der Waals surface area (Å²) in [6, 6.07) is 5.22. The van der Waals surface area contributed by atoms with Gasteiger partial charge in [-0.1, -0.05) is 19.1 Å².